The Bertz CT molecular complexity index is 646. The first-order chi connectivity index (χ1) is 9.19. The van der Waals surface area contributed by atoms with Gasteiger partial charge in [0.1, 0.15) is 5.82 Å². The van der Waals surface area contributed by atoms with E-state index in [0.717, 1.165) is 10.9 Å². The second-order valence-electron chi connectivity index (χ2n) is 4.68. The molecule has 0 saturated carbocycles. The molecule has 1 atom stereocenters. The second kappa shape index (κ2) is 4.70. The Morgan fingerprint density at radius 2 is 2.16 bits per heavy atom. The van der Waals surface area contributed by atoms with E-state index >= 15 is 0 Å². The number of amides is 1. The van der Waals surface area contributed by atoms with Crippen LogP contribution in [0.2, 0.25) is 0 Å². The van der Waals surface area contributed by atoms with Gasteiger partial charge in [0.2, 0.25) is 11.9 Å². The Labute approximate surface area is 116 Å². The Hall–Kier alpha value is -1.82. The third kappa shape index (κ3) is 2.12. The number of nitrogen functional groups attached to an aromatic ring is 1. The molecule has 1 aromatic heterocycles. The van der Waals surface area contributed by atoms with Crippen molar-refractivity contribution in [2.75, 3.05) is 22.9 Å². The average molecular weight is 274 g/mol. The van der Waals surface area contributed by atoms with E-state index in [2.05, 4.69) is 22.6 Å². The summed E-state index contributed by atoms with van der Waals surface area (Å²) >= 11 is 4.24. The molecule has 0 radical (unpaired) electrons. The summed E-state index contributed by atoms with van der Waals surface area (Å²) in [5.41, 5.74) is 6.69. The van der Waals surface area contributed by atoms with Crippen LogP contribution in [0.5, 0.6) is 0 Å². The van der Waals surface area contributed by atoms with Gasteiger partial charge >= 0.3 is 0 Å². The van der Waals surface area contributed by atoms with Crippen LogP contribution in [0.25, 0.3) is 10.9 Å². The van der Waals surface area contributed by atoms with E-state index < -0.39 is 0 Å². The molecule has 6 heteroatoms. The molecule has 0 bridgehead atoms. The number of nitrogens with zero attached hydrogens (tertiary/aromatic N) is 3. The summed E-state index contributed by atoms with van der Waals surface area (Å²) in [4.78, 5) is 22.2. The highest BCUT2D eigenvalue weighted by molar-refractivity contribution is 7.80. The number of aromatic nitrogens is 2. The quantitative estimate of drug-likeness (QED) is 0.814. The molecule has 1 aliphatic heterocycles. The number of rotatable bonds is 2. The standard InChI is InChI=1S/C13H14N4OS/c14-12-9-3-1-2-4-10(9)15-13(16-12)17-6-8(7-19)5-11(17)18/h1-4,8,19H,5-7H2,(H2,14,15,16). The van der Waals surface area contributed by atoms with E-state index in [1.165, 1.54) is 0 Å². The lowest BCUT2D eigenvalue weighted by Crippen LogP contribution is -2.27. The van der Waals surface area contributed by atoms with Gasteiger partial charge in [0.15, 0.2) is 0 Å². The zero-order chi connectivity index (χ0) is 13.4. The van der Waals surface area contributed by atoms with Gasteiger partial charge in [0.05, 0.1) is 5.52 Å². The molecule has 2 N–H and O–H groups in total. The number of para-hydroxylation sites is 1. The maximum atomic E-state index is 12.0. The first kappa shape index (κ1) is 12.2. The van der Waals surface area contributed by atoms with Crippen molar-refractivity contribution in [1.82, 2.24) is 9.97 Å². The summed E-state index contributed by atoms with van der Waals surface area (Å²) in [6.07, 6.45) is 0.500. The van der Waals surface area contributed by atoms with Gasteiger partial charge < -0.3 is 5.73 Å². The normalized spacial score (nSPS) is 19.3. The third-order valence-corrected chi connectivity index (χ3v) is 3.84. The predicted molar refractivity (Wildman–Crippen MR) is 78.3 cm³/mol. The van der Waals surface area contributed by atoms with Gasteiger partial charge in [0.25, 0.3) is 0 Å². The van der Waals surface area contributed by atoms with Gasteiger partial charge in [-0.2, -0.15) is 17.6 Å². The predicted octanol–water partition coefficient (Wildman–Crippen LogP) is 1.49. The van der Waals surface area contributed by atoms with Gasteiger partial charge in [-0.05, 0) is 23.8 Å². The number of anilines is 2. The monoisotopic (exact) mass is 274 g/mol. The molecular weight excluding hydrogens is 260 g/mol. The van der Waals surface area contributed by atoms with Crippen molar-refractivity contribution >= 4 is 41.2 Å². The van der Waals surface area contributed by atoms with Crippen LogP contribution in [0.3, 0.4) is 0 Å². The van der Waals surface area contributed by atoms with Gasteiger partial charge in [-0.25, -0.2) is 4.98 Å². The summed E-state index contributed by atoms with van der Waals surface area (Å²) in [5, 5.41) is 0.809. The van der Waals surface area contributed by atoms with Crippen LogP contribution in [0.1, 0.15) is 6.42 Å². The summed E-state index contributed by atoms with van der Waals surface area (Å²) in [7, 11) is 0. The van der Waals surface area contributed by atoms with Gasteiger partial charge in [-0.3, -0.25) is 9.69 Å². The minimum absolute atomic E-state index is 0.0359. The van der Waals surface area contributed by atoms with E-state index in [4.69, 9.17) is 5.73 Å². The zero-order valence-electron chi connectivity index (χ0n) is 10.3. The van der Waals surface area contributed by atoms with Crippen LogP contribution in [0, 0.1) is 5.92 Å². The van der Waals surface area contributed by atoms with Crippen molar-refractivity contribution in [1.29, 1.82) is 0 Å². The van der Waals surface area contributed by atoms with Crippen molar-refractivity contribution in [3.8, 4) is 0 Å². The van der Waals surface area contributed by atoms with Gasteiger partial charge in [-0.15, -0.1) is 0 Å². The lowest BCUT2D eigenvalue weighted by Gasteiger charge is -2.15. The summed E-state index contributed by atoms with van der Waals surface area (Å²) in [6, 6.07) is 7.52. The Kier molecular flexibility index (Phi) is 3.02. The Balaban J connectivity index is 2.04. The maximum absolute atomic E-state index is 12.0. The van der Waals surface area contributed by atoms with Crippen LogP contribution in [-0.2, 0) is 4.79 Å². The smallest absolute Gasteiger partial charge is 0.234 e. The molecule has 3 rings (SSSR count). The first-order valence-corrected chi connectivity index (χ1v) is 6.75. The second-order valence-corrected chi connectivity index (χ2v) is 5.05. The number of hydrogen-bond acceptors (Lipinski definition) is 5. The lowest BCUT2D eigenvalue weighted by atomic mass is 10.1. The van der Waals surface area contributed by atoms with Crippen LogP contribution in [0.4, 0.5) is 11.8 Å². The largest absolute Gasteiger partial charge is 0.383 e. The highest BCUT2D eigenvalue weighted by Crippen LogP contribution is 2.26. The fraction of sp³-hybridized carbons (Fsp3) is 0.308. The zero-order valence-corrected chi connectivity index (χ0v) is 11.2. The molecule has 1 aliphatic rings. The van der Waals surface area contributed by atoms with Gasteiger partial charge in [-0.1, -0.05) is 12.1 Å². The summed E-state index contributed by atoms with van der Waals surface area (Å²) < 4.78 is 0. The minimum atomic E-state index is 0.0359. The number of hydrogen-bond donors (Lipinski definition) is 2. The Morgan fingerprint density at radius 1 is 1.37 bits per heavy atom. The molecule has 19 heavy (non-hydrogen) atoms. The molecule has 1 fully saturated rings. The number of carbonyl (C=O) groups excluding carboxylic acids is 1. The van der Waals surface area contributed by atoms with Crippen molar-refractivity contribution in [3.63, 3.8) is 0 Å². The van der Waals surface area contributed by atoms with E-state index in [-0.39, 0.29) is 11.8 Å². The van der Waals surface area contributed by atoms with Crippen LogP contribution >= 0.6 is 12.6 Å². The molecule has 1 aromatic carbocycles. The molecule has 0 spiro atoms. The van der Waals surface area contributed by atoms with E-state index in [9.17, 15) is 4.79 Å². The van der Waals surface area contributed by atoms with Crippen LogP contribution < -0.4 is 10.6 Å². The number of benzene rings is 1. The van der Waals surface area contributed by atoms with E-state index in [1.54, 1.807) is 4.90 Å². The minimum Gasteiger partial charge on any atom is -0.383 e. The third-order valence-electron chi connectivity index (χ3n) is 3.33. The molecular formula is C13H14N4OS. The number of nitrogens with two attached hydrogens (primary N) is 1. The van der Waals surface area contributed by atoms with E-state index in [0.29, 0.717) is 30.5 Å². The van der Waals surface area contributed by atoms with Crippen molar-refractivity contribution in [3.05, 3.63) is 24.3 Å². The summed E-state index contributed by atoms with van der Waals surface area (Å²) in [6.45, 7) is 0.611. The van der Waals surface area contributed by atoms with Crippen molar-refractivity contribution in [2.24, 2.45) is 5.92 Å². The SMILES string of the molecule is Nc1nc(N2CC(CS)CC2=O)nc2ccccc12. The topological polar surface area (TPSA) is 72.1 Å². The molecule has 2 heterocycles. The molecule has 5 nitrogen and oxygen atoms in total. The highest BCUT2D eigenvalue weighted by atomic mass is 32.1. The molecule has 0 aliphatic carbocycles. The number of thiol groups is 1. The average Bonchev–Trinajstić information content (AvgIpc) is 2.80. The number of carbonyl (C=O) groups is 1. The molecule has 1 saturated heterocycles. The highest BCUT2D eigenvalue weighted by Gasteiger charge is 2.31. The van der Waals surface area contributed by atoms with Crippen LogP contribution in [0.15, 0.2) is 24.3 Å². The van der Waals surface area contributed by atoms with Crippen molar-refractivity contribution in [2.45, 2.75) is 6.42 Å². The van der Waals surface area contributed by atoms with Crippen LogP contribution in [-0.4, -0.2) is 28.2 Å². The fourth-order valence-corrected chi connectivity index (χ4v) is 2.55. The molecule has 98 valence electrons. The lowest BCUT2D eigenvalue weighted by molar-refractivity contribution is -0.117. The van der Waals surface area contributed by atoms with Gasteiger partial charge in [0, 0.05) is 18.4 Å². The fourth-order valence-electron chi connectivity index (χ4n) is 2.31. The molecule has 2 aromatic rings. The molecule has 1 unspecified atom stereocenters. The Morgan fingerprint density at radius 3 is 2.89 bits per heavy atom. The number of fused-ring (bicyclic) bond motifs is 1. The first-order valence-electron chi connectivity index (χ1n) is 6.12. The van der Waals surface area contributed by atoms with E-state index in [1.807, 2.05) is 24.3 Å². The maximum Gasteiger partial charge on any atom is 0.234 e. The summed E-state index contributed by atoms with van der Waals surface area (Å²) in [5.74, 6) is 1.78. The molecule has 1 amide bonds. The van der Waals surface area contributed by atoms with Crippen molar-refractivity contribution < 1.29 is 4.79 Å².